The molecule has 0 saturated heterocycles. The van der Waals surface area contributed by atoms with Gasteiger partial charge in [0.25, 0.3) is 0 Å². The predicted molar refractivity (Wildman–Crippen MR) is 62.6 cm³/mol. The zero-order valence-electron chi connectivity index (χ0n) is 10.2. The van der Waals surface area contributed by atoms with Crippen molar-refractivity contribution in [3.63, 3.8) is 0 Å². The van der Waals surface area contributed by atoms with E-state index in [0.29, 0.717) is 11.3 Å². The Hall–Kier alpha value is -0.590. The van der Waals surface area contributed by atoms with E-state index in [1.165, 1.54) is 32.0 Å². The monoisotopic (exact) mass is 206 g/mol. The molecule has 0 spiro atoms. The van der Waals surface area contributed by atoms with Crippen molar-refractivity contribution in [1.29, 1.82) is 0 Å². The van der Waals surface area contributed by atoms with Crippen molar-refractivity contribution in [1.82, 2.24) is 0 Å². The van der Waals surface area contributed by atoms with Crippen LogP contribution in [0.15, 0.2) is 11.1 Å². The van der Waals surface area contributed by atoms with Gasteiger partial charge in [0.15, 0.2) is 0 Å². The van der Waals surface area contributed by atoms with E-state index in [0.717, 1.165) is 6.42 Å². The summed E-state index contributed by atoms with van der Waals surface area (Å²) in [4.78, 5) is 11.0. The zero-order chi connectivity index (χ0) is 11.1. The van der Waals surface area contributed by atoms with Crippen molar-refractivity contribution in [2.45, 2.75) is 52.9 Å². The van der Waals surface area contributed by atoms with Gasteiger partial charge in [-0.2, -0.15) is 0 Å². The van der Waals surface area contributed by atoms with Crippen molar-refractivity contribution in [2.24, 2.45) is 17.3 Å². The summed E-state index contributed by atoms with van der Waals surface area (Å²) in [5, 5.41) is 0. The summed E-state index contributed by atoms with van der Waals surface area (Å²) in [6.45, 7) is 6.92. The molecule has 0 fully saturated rings. The number of hydrogen-bond acceptors (Lipinski definition) is 1. The number of carbonyl (C=O) groups is 1. The summed E-state index contributed by atoms with van der Waals surface area (Å²) in [7, 11) is 0. The molecule has 0 unspecified atom stereocenters. The van der Waals surface area contributed by atoms with Gasteiger partial charge in [-0.1, -0.05) is 31.9 Å². The van der Waals surface area contributed by atoms with Crippen LogP contribution in [0.25, 0.3) is 0 Å². The topological polar surface area (TPSA) is 17.1 Å². The Morgan fingerprint density at radius 2 is 2.07 bits per heavy atom. The Kier molecular flexibility index (Phi) is 2.74. The highest BCUT2D eigenvalue weighted by Crippen LogP contribution is 2.48. The van der Waals surface area contributed by atoms with E-state index in [1.54, 1.807) is 11.1 Å². The molecule has 0 aromatic carbocycles. The Morgan fingerprint density at radius 3 is 2.73 bits per heavy atom. The molecule has 1 heteroatoms. The molecule has 2 rings (SSSR count). The summed E-state index contributed by atoms with van der Waals surface area (Å²) in [5.41, 5.74) is 3.65. The molecule has 2 aliphatic rings. The average molecular weight is 206 g/mol. The quantitative estimate of drug-likeness (QED) is 0.472. The summed E-state index contributed by atoms with van der Waals surface area (Å²) in [6, 6.07) is 0. The molecule has 0 amide bonds. The lowest BCUT2D eigenvalue weighted by Crippen LogP contribution is -2.30. The maximum atomic E-state index is 11.0. The van der Waals surface area contributed by atoms with Crippen LogP contribution in [0.4, 0.5) is 0 Å². The van der Waals surface area contributed by atoms with Gasteiger partial charge in [0.2, 0.25) is 0 Å². The SMILES string of the molecule is C[C@@H]1CC2=C(C[C@H]1C=O)C(C)(C)CCC2. The van der Waals surface area contributed by atoms with Crippen LogP contribution in [-0.4, -0.2) is 6.29 Å². The minimum atomic E-state index is 0.279. The van der Waals surface area contributed by atoms with Gasteiger partial charge in [-0.05, 0) is 43.4 Å². The Labute approximate surface area is 92.9 Å². The Morgan fingerprint density at radius 1 is 1.33 bits per heavy atom. The lowest BCUT2D eigenvalue weighted by atomic mass is 9.63. The lowest BCUT2D eigenvalue weighted by molar-refractivity contribution is -0.112. The second-order valence-corrected chi connectivity index (χ2v) is 6.01. The normalized spacial score (nSPS) is 34.9. The number of aldehydes is 1. The van der Waals surface area contributed by atoms with Crippen LogP contribution >= 0.6 is 0 Å². The molecule has 0 saturated carbocycles. The van der Waals surface area contributed by atoms with Crippen LogP contribution in [0, 0.1) is 17.3 Å². The van der Waals surface area contributed by atoms with E-state index in [9.17, 15) is 4.79 Å². The molecule has 0 aliphatic heterocycles. The van der Waals surface area contributed by atoms with Crippen LogP contribution in [0.1, 0.15) is 52.9 Å². The van der Waals surface area contributed by atoms with Crippen molar-refractivity contribution < 1.29 is 4.79 Å². The van der Waals surface area contributed by atoms with Gasteiger partial charge in [0.05, 0.1) is 0 Å². The molecular formula is C14H22O. The second-order valence-electron chi connectivity index (χ2n) is 6.01. The van der Waals surface area contributed by atoms with E-state index in [-0.39, 0.29) is 5.92 Å². The van der Waals surface area contributed by atoms with Crippen molar-refractivity contribution in [3.8, 4) is 0 Å². The maximum absolute atomic E-state index is 11.0. The Balaban J connectivity index is 2.30. The number of carbonyl (C=O) groups excluding carboxylic acids is 1. The van der Waals surface area contributed by atoms with Crippen molar-refractivity contribution >= 4 is 6.29 Å². The molecule has 0 aromatic heterocycles. The van der Waals surface area contributed by atoms with Gasteiger partial charge in [-0.15, -0.1) is 0 Å². The van der Waals surface area contributed by atoms with Gasteiger partial charge in [-0.3, -0.25) is 0 Å². The number of allylic oxidation sites excluding steroid dienone is 2. The third-order valence-electron chi connectivity index (χ3n) is 4.44. The summed E-state index contributed by atoms with van der Waals surface area (Å²) in [5.74, 6) is 0.844. The first-order valence-corrected chi connectivity index (χ1v) is 6.21. The smallest absolute Gasteiger partial charge is 0.123 e. The average Bonchev–Trinajstić information content (AvgIpc) is 2.16. The Bertz CT molecular complexity index is 298. The molecule has 2 aliphatic carbocycles. The van der Waals surface area contributed by atoms with E-state index < -0.39 is 0 Å². The third kappa shape index (κ3) is 1.89. The van der Waals surface area contributed by atoms with Gasteiger partial charge in [-0.25, -0.2) is 0 Å². The summed E-state index contributed by atoms with van der Waals surface area (Å²) in [6.07, 6.45) is 7.30. The van der Waals surface area contributed by atoms with Crippen LogP contribution in [0.3, 0.4) is 0 Å². The molecule has 0 heterocycles. The van der Waals surface area contributed by atoms with Crippen LogP contribution < -0.4 is 0 Å². The summed E-state index contributed by atoms with van der Waals surface area (Å²) < 4.78 is 0. The van der Waals surface area contributed by atoms with E-state index in [2.05, 4.69) is 20.8 Å². The van der Waals surface area contributed by atoms with Crippen LogP contribution in [0.2, 0.25) is 0 Å². The number of rotatable bonds is 1. The predicted octanol–water partition coefficient (Wildman–Crippen LogP) is 3.74. The zero-order valence-corrected chi connectivity index (χ0v) is 10.2. The number of hydrogen-bond donors (Lipinski definition) is 0. The van der Waals surface area contributed by atoms with Gasteiger partial charge < -0.3 is 4.79 Å². The van der Waals surface area contributed by atoms with Crippen LogP contribution in [-0.2, 0) is 4.79 Å². The fourth-order valence-electron chi connectivity index (χ4n) is 3.33. The second kappa shape index (κ2) is 3.77. The molecule has 0 bridgehead atoms. The highest BCUT2D eigenvalue weighted by atomic mass is 16.1. The minimum absolute atomic E-state index is 0.279. The van der Waals surface area contributed by atoms with Gasteiger partial charge >= 0.3 is 0 Å². The highest BCUT2D eigenvalue weighted by Gasteiger charge is 2.36. The highest BCUT2D eigenvalue weighted by molar-refractivity contribution is 5.56. The molecule has 1 nitrogen and oxygen atoms in total. The van der Waals surface area contributed by atoms with E-state index in [4.69, 9.17) is 0 Å². The molecule has 84 valence electrons. The molecule has 0 radical (unpaired) electrons. The van der Waals surface area contributed by atoms with Gasteiger partial charge in [0.1, 0.15) is 6.29 Å². The molecule has 0 N–H and O–H groups in total. The van der Waals surface area contributed by atoms with Crippen molar-refractivity contribution in [3.05, 3.63) is 11.1 Å². The maximum Gasteiger partial charge on any atom is 0.123 e. The molecular weight excluding hydrogens is 184 g/mol. The molecule has 0 aromatic rings. The lowest BCUT2D eigenvalue weighted by Gasteiger charge is -2.41. The largest absolute Gasteiger partial charge is 0.303 e. The van der Waals surface area contributed by atoms with Crippen molar-refractivity contribution in [2.75, 3.05) is 0 Å². The fraction of sp³-hybridized carbons (Fsp3) is 0.786. The first kappa shape index (κ1) is 10.9. The molecule has 2 atom stereocenters. The van der Waals surface area contributed by atoms with E-state index in [1.807, 2.05) is 0 Å². The fourth-order valence-corrected chi connectivity index (χ4v) is 3.33. The van der Waals surface area contributed by atoms with E-state index >= 15 is 0 Å². The minimum Gasteiger partial charge on any atom is -0.303 e. The third-order valence-corrected chi connectivity index (χ3v) is 4.44. The molecule has 15 heavy (non-hydrogen) atoms. The first-order valence-electron chi connectivity index (χ1n) is 6.21. The van der Waals surface area contributed by atoms with Gasteiger partial charge in [0, 0.05) is 5.92 Å². The van der Waals surface area contributed by atoms with Crippen LogP contribution in [0.5, 0.6) is 0 Å². The first-order chi connectivity index (χ1) is 7.04. The standard InChI is InChI=1S/C14H22O/c1-10-7-11-5-4-6-14(2,3)13(11)8-12(10)9-15/h9-10,12H,4-8H2,1-3H3/t10-,12+/m1/s1. The summed E-state index contributed by atoms with van der Waals surface area (Å²) >= 11 is 0.